The van der Waals surface area contributed by atoms with Crippen molar-refractivity contribution in [2.24, 2.45) is 0 Å². The second-order valence-corrected chi connectivity index (χ2v) is 7.35. The summed E-state index contributed by atoms with van der Waals surface area (Å²) in [7, 11) is 0. The minimum Gasteiger partial charge on any atom is -0.548 e. The van der Waals surface area contributed by atoms with Gasteiger partial charge in [-0.25, -0.2) is 4.39 Å². The molecule has 0 aliphatic carbocycles. The summed E-state index contributed by atoms with van der Waals surface area (Å²) < 4.78 is 13.8. The van der Waals surface area contributed by atoms with E-state index in [1.807, 2.05) is 6.26 Å². The van der Waals surface area contributed by atoms with Gasteiger partial charge in [0.25, 0.3) is 5.91 Å². The summed E-state index contributed by atoms with van der Waals surface area (Å²) in [5, 5.41) is 11.3. The highest BCUT2D eigenvalue weighted by atomic mass is 32.2. The molecule has 1 aliphatic rings. The van der Waals surface area contributed by atoms with Gasteiger partial charge in [-0.1, -0.05) is 42.2 Å². The van der Waals surface area contributed by atoms with Gasteiger partial charge in [-0.2, -0.15) is 11.8 Å². The minimum atomic E-state index is -1.34. The van der Waals surface area contributed by atoms with Crippen LogP contribution >= 0.6 is 35.7 Å². The van der Waals surface area contributed by atoms with Gasteiger partial charge in [0.1, 0.15) is 10.1 Å². The number of aliphatic carboxylic acids is 1. The average molecular weight is 370 g/mol. The molecule has 1 saturated heterocycles. The summed E-state index contributed by atoms with van der Waals surface area (Å²) in [6, 6.07) is 4.91. The number of carbonyl (C=O) groups excluding carboxylic acids is 2. The molecular weight excluding hydrogens is 357 g/mol. The third-order valence-corrected chi connectivity index (χ3v) is 5.17. The highest BCUT2D eigenvalue weighted by molar-refractivity contribution is 8.26. The number of rotatable bonds is 6. The van der Waals surface area contributed by atoms with Crippen LogP contribution in [0.4, 0.5) is 4.39 Å². The van der Waals surface area contributed by atoms with E-state index in [2.05, 4.69) is 0 Å². The van der Waals surface area contributed by atoms with E-state index >= 15 is 0 Å². The van der Waals surface area contributed by atoms with Crippen molar-refractivity contribution in [3.63, 3.8) is 0 Å². The molecule has 1 aromatic rings. The first kappa shape index (κ1) is 18.0. The van der Waals surface area contributed by atoms with Crippen LogP contribution in [0.15, 0.2) is 29.2 Å². The third-order valence-electron chi connectivity index (χ3n) is 3.19. The molecule has 2 rings (SSSR count). The predicted octanol–water partition coefficient (Wildman–Crippen LogP) is 1.90. The van der Waals surface area contributed by atoms with E-state index in [4.69, 9.17) is 12.2 Å². The maximum absolute atomic E-state index is 13.7. The zero-order valence-corrected chi connectivity index (χ0v) is 14.6. The fourth-order valence-electron chi connectivity index (χ4n) is 2.06. The lowest BCUT2D eigenvalue weighted by Crippen LogP contribution is -2.50. The highest BCUT2D eigenvalue weighted by Crippen LogP contribution is 2.35. The lowest BCUT2D eigenvalue weighted by atomic mass is 10.1. The van der Waals surface area contributed by atoms with Crippen LogP contribution in [0.1, 0.15) is 12.0 Å². The first-order valence-electron chi connectivity index (χ1n) is 6.67. The van der Waals surface area contributed by atoms with Crippen molar-refractivity contribution in [3.05, 3.63) is 40.6 Å². The number of thiocarbonyl (C=S) groups is 1. The number of thioether (sulfide) groups is 2. The Morgan fingerprint density at radius 2 is 2.22 bits per heavy atom. The van der Waals surface area contributed by atoms with E-state index in [9.17, 15) is 19.1 Å². The van der Waals surface area contributed by atoms with Crippen LogP contribution in [0.25, 0.3) is 6.08 Å². The molecule has 1 fully saturated rings. The van der Waals surface area contributed by atoms with Crippen LogP contribution in [0.5, 0.6) is 0 Å². The molecule has 122 valence electrons. The summed E-state index contributed by atoms with van der Waals surface area (Å²) >= 11 is 7.56. The molecule has 1 heterocycles. The van der Waals surface area contributed by atoms with Crippen molar-refractivity contribution < 1.29 is 19.1 Å². The van der Waals surface area contributed by atoms with Crippen molar-refractivity contribution in [3.8, 4) is 0 Å². The van der Waals surface area contributed by atoms with E-state index in [1.54, 1.807) is 12.1 Å². The number of hydrogen-bond acceptors (Lipinski definition) is 6. The van der Waals surface area contributed by atoms with E-state index in [0.717, 1.165) is 16.7 Å². The largest absolute Gasteiger partial charge is 0.548 e. The zero-order valence-electron chi connectivity index (χ0n) is 12.2. The Balaban J connectivity index is 2.29. The van der Waals surface area contributed by atoms with Gasteiger partial charge in [-0.3, -0.25) is 9.69 Å². The summed E-state index contributed by atoms with van der Waals surface area (Å²) in [5.41, 5.74) is 0.252. The number of carboxylic acids is 1. The third kappa shape index (κ3) is 4.13. The van der Waals surface area contributed by atoms with Gasteiger partial charge in [0.05, 0.1) is 16.9 Å². The maximum atomic E-state index is 13.7. The number of carbonyl (C=O) groups is 2. The van der Waals surface area contributed by atoms with E-state index in [0.29, 0.717) is 5.75 Å². The van der Waals surface area contributed by atoms with Gasteiger partial charge in [-0.15, -0.1) is 0 Å². The number of carboxylic acid groups (broad SMARTS) is 1. The SMILES string of the molecule is CSCC[C@@H](C(=O)[O-])N1C(=O)/C(=C\c2ccccc2F)SC1=S. The lowest BCUT2D eigenvalue weighted by molar-refractivity contribution is -0.310. The van der Waals surface area contributed by atoms with Crippen LogP contribution < -0.4 is 5.11 Å². The topological polar surface area (TPSA) is 60.4 Å². The van der Waals surface area contributed by atoms with Gasteiger partial charge in [0.15, 0.2) is 0 Å². The zero-order chi connectivity index (χ0) is 17.0. The monoisotopic (exact) mass is 370 g/mol. The fraction of sp³-hybridized carbons (Fsp3) is 0.267. The molecule has 4 nitrogen and oxygen atoms in total. The lowest BCUT2D eigenvalue weighted by Gasteiger charge is -2.27. The molecule has 1 amide bonds. The molecule has 1 aliphatic heterocycles. The molecular formula is C15H13FNO3S3-. The van der Waals surface area contributed by atoms with Crippen molar-refractivity contribution in [2.45, 2.75) is 12.5 Å². The molecule has 0 N–H and O–H groups in total. The Labute approximate surface area is 147 Å². The molecule has 1 aromatic carbocycles. The number of halogens is 1. The van der Waals surface area contributed by atoms with E-state index in [1.165, 1.54) is 30.0 Å². The van der Waals surface area contributed by atoms with Crippen LogP contribution in [-0.2, 0) is 9.59 Å². The van der Waals surface area contributed by atoms with E-state index < -0.39 is 23.7 Å². The molecule has 0 aromatic heterocycles. The summed E-state index contributed by atoms with van der Waals surface area (Å²) in [6.45, 7) is 0. The normalized spacial score (nSPS) is 17.8. The maximum Gasteiger partial charge on any atom is 0.266 e. The minimum absolute atomic E-state index is 0.146. The smallest absolute Gasteiger partial charge is 0.266 e. The van der Waals surface area contributed by atoms with Gasteiger partial charge >= 0.3 is 0 Å². The van der Waals surface area contributed by atoms with Crippen molar-refractivity contribution in [1.29, 1.82) is 0 Å². The Kier molecular flexibility index (Phi) is 6.20. The number of nitrogens with zero attached hydrogens (tertiary/aromatic N) is 1. The van der Waals surface area contributed by atoms with Crippen molar-refractivity contribution >= 4 is 58.0 Å². The Hall–Kier alpha value is -1.38. The number of benzene rings is 1. The molecule has 0 bridgehead atoms. The highest BCUT2D eigenvalue weighted by Gasteiger charge is 2.37. The van der Waals surface area contributed by atoms with Gasteiger partial charge < -0.3 is 9.90 Å². The molecule has 0 radical (unpaired) electrons. The quantitative estimate of drug-likeness (QED) is 0.563. The standard InChI is InChI=1S/C15H14FNO3S3/c1-22-7-6-11(14(19)20)17-13(18)12(23-15(17)21)8-9-4-2-3-5-10(9)16/h2-5,8,11H,6-7H2,1H3,(H,19,20)/p-1/b12-8+/t11-/m0/s1. The second kappa shape index (κ2) is 7.94. The van der Waals surface area contributed by atoms with Gasteiger partial charge in [0, 0.05) is 5.56 Å². The molecule has 0 saturated carbocycles. The fourth-order valence-corrected chi connectivity index (χ4v) is 3.87. The molecule has 0 spiro atoms. The van der Waals surface area contributed by atoms with E-state index in [-0.39, 0.29) is 21.2 Å². The van der Waals surface area contributed by atoms with Gasteiger partial charge in [-0.05, 0) is 30.6 Å². The number of amides is 1. The predicted molar refractivity (Wildman–Crippen MR) is 93.2 cm³/mol. The average Bonchev–Trinajstić information content (AvgIpc) is 2.77. The van der Waals surface area contributed by atoms with Crippen LogP contribution in [0.2, 0.25) is 0 Å². The first-order valence-corrected chi connectivity index (χ1v) is 9.29. The van der Waals surface area contributed by atoms with Crippen LogP contribution in [-0.4, -0.2) is 39.1 Å². The Bertz CT molecular complexity index is 678. The molecule has 0 unspecified atom stereocenters. The number of hydrogen-bond donors (Lipinski definition) is 0. The molecule has 23 heavy (non-hydrogen) atoms. The summed E-state index contributed by atoms with van der Waals surface area (Å²) in [5.74, 6) is -1.78. The first-order chi connectivity index (χ1) is 11.0. The Morgan fingerprint density at radius 1 is 1.52 bits per heavy atom. The van der Waals surface area contributed by atoms with Crippen molar-refractivity contribution in [1.82, 2.24) is 4.90 Å². The summed E-state index contributed by atoms with van der Waals surface area (Å²) in [4.78, 5) is 25.1. The summed E-state index contributed by atoms with van der Waals surface area (Å²) in [6.07, 6.45) is 3.47. The molecule has 1 atom stereocenters. The Morgan fingerprint density at radius 3 is 2.83 bits per heavy atom. The van der Waals surface area contributed by atoms with Gasteiger partial charge in [0.2, 0.25) is 0 Å². The van der Waals surface area contributed by atoms with Crippen LogP contribution in [0, 0.1) is 5.82 Å². The van der Waals surface area contributed by atoms with Crippen molar-refractivity contribution in [2.75, 3.05) is 12.0 Å². The molecule has 8 heteroatoms. The second-order valence-electron chi connectivity index (χ2n) is 4.69. The van der Waals surface area contributed by atoms with Crippen LogP contribution in [0.3, 0.4) is 0 Å².